The van der Waals surface area contributed by atoms with Crippen LogP contribution in [0.5, 0.6) is 0 Å². The Labute approximate surface area is 62.9 Å². The molecule has 0 bridgehead atoms. The number of unbranched alkanes of at least 4 members (excludes halogenated alkanes) is 2. The minimum absolute atomic E-state index is 0.0197. The van der Waals surface area contributed by atoms with E-state index in [2.05, 4.69) is 0 Å². The Kier molecular flexibility index (Phi) is 4.65. The lowest BCUT2D eigenvalue weighted by molar-refractivity contribution is 0.0670. The number of hydrogen-bond acceptors (Lipinski definition) is 1. The summed E-state index contributed by atoms with van der Waals surface area (Å²) in [6.45, 7) is 3.61. The maximum Gasteiger partial charge on any atom is 0.0822 e. The highest BCUT2D eigenvalue weighted by molar-refractivity contribution is 4.63. The lowest BCUT2D eigenvalue weighted by atomic mass is 10.0. The zero-order valence-electron chi connectivity index (χ0n) is 6.89. The van der Waals surface area contributed by atoms with Gasteiger partial charge in [0.25, 0.3) is 0 Å². The van der Waals surface area contributed by atoms with Crippen LogP contribution in [0, 0.1) is 0 Å². The Bertz CT molecular complexity index is 73.8. The van der Waals surface area contributed by atoms with Gasteiger partial charge in [-0.1, -0.05) is 12.8 Å². The van der Waals surface area contributed by atoms with E-state index in [0.29, 0.717) is 0 Å². The lowest BCUT2D eigenvalue weighted by Gasteiger charge is -2.15. The Balaban J connectivity index is 3.04. The monoisotopic (exact) mass is 145 g/mol. The molecule has 0 heterocycles. The predicted octanol–water partition coefficient (Wildman–Crippen LogP) is 1.75. The molecule has 0 aromatic heterocycles. The quantitative estimate of drug-likeness (QED) is 0.588. The van der Waals surface area contributed by atoms with Gasteiger partial charge in [-0.25, -0.2) is 5.11 Å². The molecule has 1 radical (unpaired) electrons. The Morgan fingerprint density at radius 3 is 2.20 bits per heavy atom. The van der Waals surface area contributed by atoms with Crippen LogP contribution in [-0.2, 0) is 5.11 Å². The van der Waals surface area contributed by atoms with Gasteiger partial charge in [-0.3, -0.25) is 0 Å². The van der Waals surface area contributed by atoms with E-state index in [9.17, 15) is 10.2 Å². The van der Waals surface area contributed by atoms with Crippen LogP contribution in [0.25, 0.3) is 0 Å². The summed E-state index contributed by atoms with van der Waals surface area (Å²) in [7, 11) is 0. The van der Waals surface area contributed by atoms with Gasteiger partial charge in [0.2, 0.25) is 0 Å². The van der Waals surface area contributed by atoms with Crippen LogP contribution < -0.4 is 0 Å². The summed E-state index contributed by atoms with van der Waals surface area (Å²) in [5.74, 6) is 0. The van der Waals surface area contributed by atoms with Crippen LogP contribution in [0.2, 0.25) is 0 Å². The number of aliphatic hydroxyl groups is 1. The van der Waals surface area contributed by atoms with E-state index in [-0.39, 0.29) is 6.61 Å². The average Bonchev–Trinajstić information content (AvgIpc) is 1.78. The van der Waals surface area contributed by atoms with Crippen molar-refractivity contribution in [2.75, 3.05) is 6.61 Å². The van der Waals surface area contributed by atoms with E-state index in [0.717, 1.165) is 25.7 Å². The minimum Gasteiger partial charge on any atom is -0.390 e. The minimum atomic E-state index is -0.553. The Hall–Kier alpha value is -0.0800. The van der Waals surface area contributed by atoms with Gasteiger partial charge in [-0.2, -0.15) is 0 Å². The third-order valence-electron chi connectivity index (χ3n) is 1.43. The normalized spacial score (nSPS) is 12.0. The molecule has 0 rings (SSSR count). The van der Waals surface area contributed by atoms with Gasteiger partial charge in [0.1, 0.15) is 0 Å². The van der Waals surface area contributed by atoms with E-state index in [1.165, 1.54) is 0 Å². The van der Waals surface area contributed by atoms with E-state index in [4.69, 9.17) is 0 Å². The first kappa shape index (κ1) is 9.92. The van der Waals surface area contributed by atoms with Crippen molar-refractivity contribution in [1.29, 1.82) is 0 Å². The summed E-state index contributed by atoms with van der Waals surface area (Å²) in [5.41, 5.74) is -0.553. The van der Waals surface area contributed by atoms with Crippen molar-refractivity contribution in [3.8, 4) is 0 Å². The molecule has 61 valence electrons. The average molecular weight is 145 g/mol. The number of rotatable bonds is 5. The third kappa shape index (κ3) is 7.92. The zero-order chi connectivity index (χ0) is 8.04. The molecule has 0 fully saturated rings. The molecule has 0 amide bonds. The molecule has 10 heavy (non-hydrogen) atoms. The van der Waals surface area contributed by atoms with Crippen molar-refractivity contribution in [2.24, 2.45) is 0 Å². The largest absolute Gasteiger partial charge is 0.390 e. The molecule has 0 aromatic rings. The topological polar surface area (TPSA) is 40.1 Å². The molecular formula is C8H17O2. The fourth-order valence-electron chi connectivity index (χ4n) is 0.836. The Morgan fingerprint density at radius 2 is 1.80 bits per heavy atom. The van der Waals surface area contributed by atoms with Crippen LogP contribution in [-0.4, -0.2) is 17.3 Å². The third-order valence-corrected chi connectivity index (χ3v) is 1.43. The van der Waals surface area contributed by atoms with Crippen LogP contribution in [0.4, 0.5) is 0 Å². The molecule has 2 nitrogen and oxygen atoms in total. The second kappa shape index (κ2) is 4.69. The van der Waals surface area contributed by atoms with Gasteiger partial charge in [0.05, 0.1) is 12.2 Å². The lowest BCUT2D eigenvalue weighted by Crippen LogP contribution is -2.17. The van der Waals surface area contributed by atoms with E-state index in [1.54, 1.807) is 13.8 Å². The molecule has 0 aliphatic rings. The molecule has 0 atom stereocenters. The zero-order valence-corrected chi connectivity index (χ0v) is 6.89. The molecule has 0 aliphatic heterocycles. The smallest absolute Gasteiger partial charge is 0.0822 e. The summed E-state index contributed by atoms with van der Waals surface area (Å²) in [6, 6.07) is 0. The molecule has 0 aromatic carbocycles. The molecule has 0 saturated carbocycles. The van der Waals surface area contributed by atoms with Crippen molar-refractivity contribution >= 4 is 0 Å². The second-order valence-electron chi connectivity index (χ2n) is 3.33. The van der Waals surface area contributed by atoms with Gasteiger partial charge in [0, 0.05) is 0 Å². The SMILES string of the molecule is CC(C)(O)CCCCC[O]. The van der Waals surface area contributed by atoms with E-state index in [1.807, 2.05) is 0 Å². The first-order valence-corrected chi connectivity index (χ1v) is 3.87. The van der Waals surface area contributed by atoms with Crippen molar-refractivity contribution in [3.05, 3.63) is 0 Å². The van der Waals surface area contributed by atoms with Crippen LogP contribution in [0.1, 0.15) is 39.5 Å². The predicted molar refractivity (Wildman–Crippen MR) is 40.3 cm³/mol. The maximum absolute atomic E-state index is 9.99. The van der Waals surface area contributed by atoms with Crippen molar-refractivity contribution in [3.63, 3.8) is 0 Å². The molecule has 0 spiro atoms. The number of hydrogen-bond donors (Lipinski definition) is 1. The van der Waals surface area contributed by atoms with E-state index >= 15 is 0 Å². The standard InChI is InChI=1S/C8H17O2/c1-8(2,10)6-4-3-5-7-9/h10H,3-7H2,1-2H3. The van der Waals surface area contributed by atoms with Crippen LogP contribution >= 0.6 is 0 Å². The van der Waals surface area contributed by atoms with Crippen molar-refractivity contribution in [1.82, 2.24) is 0 Å². The fraction of sp³-hybridized carbons (Fsp3) is 1.00. The summed E-state index contributed by atoms with van der Waals surface area (Å²) in [4.78, 5) is 0. The van der Waals surface area contributed by atoms with Crippen LogP contribution in [0.3, 0.4) is 0 Å². The van der Waals surface area contributed by atoms with Gasteiger partial charge in [0.15, 0.2) is 0 Å². The molecular weight excluding hydrogens is 128 g/mol. The summed E-state index contributed by atoms with van der Waals surface area (Å²) < 4.78 is 0. The molecule has 0 unspecified atom stereocenters. The summed E-state index contributed by atoms with van der Waals surface area (Å²) in [5, 5.41) is 19.2. The van der Waals surface area contributed by atoms with Crippen molar-refractivity contribution in [2.45, 2.75) is 45.1 Å². The Morgan fingerprint density at radius 1 is 1.20 bits per heavy atom. The molecule has 1 N–H and O–H groups in total. The summed E-state index contributed by atoms with van der Waals surface area (Å²) in [6.07, 6.45) is 3.46. The van der Waals surface area contributed by atoms with Gasteiger partial charge in [-0.05, 0) is 26.7 Å². The van der Waals surface area contributed by atoms with Crippen molar-refractivity contribution < 1.29 is 10.2 Å². The first-order chi connectivity index (χ1) is 4.56. The highest BCUT2D eigenvalue weighted by Gasteiger charge is 2.10. The fourth-order valence-corrected chi connectivity index (χ4v) is 0.836. The van der Waals surface area contributed by atoms with Gasteiger partial charge < -0.3 is 5.11 Å². The van der Waals surface area contributed by atoms with Gasteiger partial charge >= 0.3 is 0 Å². The van der Waals surface area contributed by atoms with Crippen LogP contribution in [0.15, 0.2) is 0 Å². The maximum atomic E-state index is 9.99. The molecule has 0 saturated heterocycles. The first-order valence-electron chi connectivity index (χ1n) is 3.87. The van der Waals surface area contributed by atoms with E-state index < -0.39 is 5.60 Å². The highest BCUT2D eigenvalue weighted by atomic mass is 16.3. The second-order valence-corrected chi connectivity index (χ2v) is 3.33. The van der Waals surface area contributed by atoms with Gasteiger partial charge in [-0.15, -0.1) is 0 Å². The molecule has 0 aliphatic carbocycles. The molecule has 2 heteroatoms. The highest BCUT2D eigenvalue weighted by Crippen LogP contribution is 2.12. The summed E-state index contributed by atoms with van der Waals surface area (Å²) >= 11 is 0.